The van der Waals surface area contributed by atoms with E-state index in [0.29, 0.717) is 31.9 Å². The van der Waals surface area contributed by atoms with Crippen molar-refractivity contribution in [3.63, 3.8) is 0 Å². The van der Waals surface area contributed by atoms with Crippen LogP contribution < -0.4 is 10.1 Å². The third kappa shape index (κ3) is 5.19. The van der Waals surface area contributed by atoms with Crippen molar-refractivity contribution in [3.8, 4) is 5.75 Å². The summed E-state index contributed by atoms with van der Waals surface area (Å²) in [6, 6.07) is 7.14. The van der Waals surface area contributed by atoms with E-state index in [2.05, 4.69) is 5.32 Å². The van der Waals surface area contributed by atoms with Crippen LogP contribution in [0.15, 0.2) is 24.3 Å². The van der Waals surface area contributed by atoms with Crippen molar-refractivity contribution < 1.29 is 14.3 Å². The molecule has 0 radical (unpaired) electrons. The van der Waals surface area contributed by atoms with Crippen LogP contribution in [0.1, 0.15) is 30.6 Å². The van der Waals surface area contributed by atoms with Gasteiger partial charge < -0.3 is 14.8 Å². The summed E-state index contributed by atoms with van der Waals surface area (Å²) >= 11 is 0. The molecule has 4 heteroatoms. The Balaban J connectivity index is 2.32. The van der Waals surface area contributed by atoms with Crippen LogP contribution in [0.2, 0.25) is 0 Å². The highest BCUT2D eigenvalue weighted by atomic mass is 16.5. The number of hydrogen-bond acceptors (Lipinski definition) is 3. The number of amides is 1. The van der Waals surface area contributed by atoms with E-state index >= 15 is 0 Å². The third-order valence-corrected chi connectivity index (χ3v) is 2.38. The fraction of sp³-hybridized carbons (Fsp3) is 0.500. The Hall–Kier alpha value is -1.55. The molecule has 0 spiro atoms. The fourth-order valence-corrected chi connectivity index (χ4v) is 1.49. The number of hydrogen-bond donors (Lipinski definition) is 1. The van der Waals surface area contributed by atoms with E-state index in [0.717, 1.165) is 12.2 Å². The zero-order valence-corrected chi connectivity index (χ0v) is 11.1. The van der Waals surface area contributed by atoms with Gasteiger partial charge in [-0.2, -0.15) is 0 Å². The largest absolute Gasteiger partial charge is 0.494 e. The van der Waals surface area contributed by atoms with E-state index in [1.165, 1.54) is 0 Å². The smallest absolute Gasteiger partial charge is 0.251 e. The topological polar surface area (TPSA) is 47.6 Å². The molecule has 0 bridgehead atoms. The average molecular weight is 251 g/mol. The van der Waals surface area contributed by atoms with Gasteiger partial charge in [0.1, 0.15) is 5.75 Å². The number of rotatable bonds is 8. The monoisotopic (exact) mass is 251 g/mol. The normalized spacial score (nSPS) is 10.1. The molecule has 0 saturated heterocycles. The third-order valence-electron chi connectivity index (χ3n) is 2.38. The molecule has 0 fully saturated rings. The second-order valence-electron chi connectivity index (χ2n) is 3.76. The Kier molecular flexibility index (Phi) is 6.87. The van der Waals surface area contributed by atoms with E-state index in [9.17, 15) is 4.79 Å². The van der Waals surface area contributed by atoms with Crippen molar-refractivity contribution >= 4 is 5.91 Å². The molecule has 0 aliphatic carbocycles. The number of carbonyl (C=O) groups is 1. The van der Waals surface area contributed by atoms with Crippen LogP contribution in [0.25, 0.3) is 0 Å². The van der Waals surface area contributed by atoms with Gasteiger partial charge in [0, 0.05) is 25.3 Å². The molecule has 100 valence electrons. The van der Waals surface area contributed by atoms with Crippen molar-refractivity contribution in [2.45, 2.75) is 20.3 Å². The summed E-state index contributed by atoms with van der Waals surface area (Å²) in [5.41, 5.74) is 0.648. The van der Waals surface area contributed by atoms with Gasteiger partial charge in [-0.15, -0.1) is 0 Å². The lowest BCUT2D eigenvalue weighted by Crippen LogP contribution is -2.25. The highest BCUT2D eigenvalue weighted by Gasteiger charge is 2.04. The van der Waals surface area contributed by atoms with Crippen molar-refractivity contribution in [2.75, 3.05) is 26.4 Å². The first kappa shape index (κ1) is 14.5. The van der Waals surface area contributed by atoms with Crippen molar-refractivity contribution in [2.24, 2.45) is 0 Å². The van der Waals surface area contributed by atoms with Gasteiger partial charge in [-0.25, -0.2) is 0 Å². The van der Waals surface area contributed by atoms with E-state index < -0.39 is 0 Å². The Morgan fingerprint density at radius 2 is 1.89 bits per heavy atom. The second kappa shape index (κ2) is 8.53. The summed E-state index contributed by atoms with van der Waals surface area (Å²) in [5, 5.41) is 2.85. The first-order chi connectivity index (χ1) is 8.77. The maximum Gasteiger partial charge on any atom is 0.251 e. The quantitative estimate of drug-likeness (QED) is 0.721. The van der Waals surface area contributed by atoms with Gasteiger partial charge in [0.25, 0.3) is 5.91 Å². The van der Waals surface area contributed by atoms with Crippen LogP contribution in [0, 0.1) is 0 Å². The number of nitrogens with one attached hydrogen (secondary N) is 1. The highest BCUT2D eigenvalue weighted by molar-refractivity contribution is 5.94. The molecular formula is C14H21NO3. The zero-order chi connectivity index (χ0) is 13.2. The molecular weight excluding hydrogens is 230 g/mol. The van der Waals surface area contributed by atoms with Gasteiger partial charge >= 0.3 is 0 Å². The maximum atomic E-state index is 11.8. The first-order valence-electron chi connectivity index (χ1n) is 6.36. The fourth-order valence-electron chi connectivity index (χ4n) is 1.49. The SMILES string of the molecule is CCOCCCNC(=O)c1ccc(OCC)cc1. The summed E-state index contributed by atoms with van der Waals surface area (Å²) in [7, 11) is 0. The lowest BCUT2D eigenvalue weighted by Gasteiger charge is -2.06. The Morgan fingerprint density at radius 3 is 2.50 bits per heavy atom. The average Bonchev–Trinajstić information content (AvgIpc) is 2.39. The maximum absolute atomic E-state index is 11.8. The van der Waals surface area contributed by atoms with Crippen molar-refractivity contribution in [1.29, 1.82) is 0 Å². The molecule has 1 N–H and O–H groups in total. The lowest BCUT2D eigenvalue weighted by molar-refractivity contribution is 0.0944. The predicted molar refractivity (Wildman–Crippen MR) is 71.1 cm³/mol. The molecule has 1 aromatic carbocycles. The van der Waals surface area contributed by atoms with Crippen LogP contribution in [-0.4, -0.2) is 32.3 Å². The minimum Gasteiger partial charge on any atom is -0.494 e. The second-order valence-corrected chi connectivity index (χ2v) is 3.76. The van der Waals surface area contributed by atoms with Gasteiger partial charge in [0.05, 0.1) is 6.61 Å². The Bertz CT molecular complexity index is 349. The van der Waals surface area contributed by atoms with Crippen LogP contribution >= 0.6 is 0 Å². The van der Waals surface area contributed by atoms with Gasteiger partial charge in [0.15, 0.2) is 0 Å². The Labute approximate surface area is 108 Å². The van der Waals surface area contributed by atoms with Crippen LogP contribution in [0.3, 0.4) is 0 Å². The summed E-state index contributed by atoms with van der Waals surface area (Å²) in [4.78, 5) is 11.8. The van der Waals surface area contributed by atoms with E-state index in [1.54, 1.807) is 24.3 Å². The van der Waals surface area contributed by atoms with E-state index in [4.69, 9.17) is 9.47 Å². The number of benzene rings is 1. The first-order valence-corrected chi connectivity index (χ1v) is 6.36. The zero-order valence-electron chi connectivity index (χ0n) is 11.1. The van der Waals surface area contributed by atoms with Crippen LogP contribution in [0.5, 0.6) is 5.75 Å². The highest BCUT2D eigenvalue weighted by Crippen LogP contribution is 2.11. The molecule has 4 nitrogen and oxygen atoms in total. The number of carbonyl (C=O) groups excluding carboxylic acids is 1. The molecule has 0 aliphatic heterocycles. The molecule has 0 unspecified atom stereocenters. The van der Waals surface area contributed by atoms with Crippen LogP contribution in [0.4, 0.5) is 0 Å². The van der Waals surface area contributed by atoms with Gasteiger partial charge in [-0.05, 0) is 44.5 Å². The van der Waals surface area contributed by atoms with E-state index in [-0.39, 0.29) is 5.91 Å². The molecule has 0 aliphatic rings. The Morgan fingerprint density at radius 1 is 1.17 bits per heavy atom. The van der Waals surface area contributed by atoms with Gasteiger partial charge in [-0.1, -0.05) is 0 Å². The summed E-state index contributed by atoms with van der Waals surface area (Å²) in [5.74, 6) is 0.722. The standard InChI is InChI=1S/C14H21NO3/c1-3-17-11-5-10-15-14(16)12-6-8-13(9-7-12)18-4-2/h6-9H,3-5,10-11H2,1-2H3,(H,15,16). The van der Waals surface area contributed by atoms with Crippen LogP contribution in [-0.2, 0) is 4.74 Å². The lowest BCUT2D eigenvalue weighted by atomic mass is 10.2. The van der Waals surface area contributed by atoms with Gasteiger partial charge in [0.2, 0.25) is 0 Å². The molecule has 0 saturated carbocycles. The summed E-state index contributed by atoms with van der Waals surface area (Å²) < 4.78 is 10.5. The predicted octanol–water partition coefficient (Wildman–Crippen LogP) is 2.24. The molecule has 0 heterocycles. The molecule has 18 heavy (non-hydrogen) atoms. The van der Waals surface area contributed by atoms with Crippen molar-refractivity contribution in [3.05, 3.63) is 29.8 Å². The molecule has 1 aromatic rings. The minimum absolute atomic E-state index is 0.0606. The van der Waals surface area contributed by atoms with E-state index in [1.807, 2.05) is 13.8 Å². The number of ether oxygens (including phenoxy) is 2. The van der Waals surface area contributed by atoms with Crippen molar-refractivity contribution in [1.82, 2.24) is 5.32 Å². The summed E-state index contributed by atoms with van der Waals surface area (Å²) in [6.45, 7) is 6.54. The molecule has 1 rings (SSSR count). The molecule has 0 aromatic heterocycles. The minimum atomic E-state index is -0.0606. The molecule has 0 atom stereocenters. The summed E-state index contributed by atoms with van der Waals surface area (Å²) in [6.07, 6.45) is 0.830. The molecule has 1 amide bonds. The van der Waals surface area contributed by atoms with Gasteiger partial charge in [-0.3, -0.25) is 4.79 Å².